The van der Waals surface area contributed by atoms with Gasteiger partial charge in [-0.25, -0.2) is 8.42 Å². The molecular weight excluding hydrogens is 516 g/mol. The molecule has 2 heterocycles. The number of fused-ring (bicyclic) bond motifs is 1. The molecule has 0 aliphatic carbocycles. The zero-order valence-electron chi connectivity index (χ0n) is 19.8. The van der Waals surface area contributed by atoms with E-state index in [1.165, 1.54) is 11.8 Å². The topological polar surface area (TPSA) is 76.0 Å². The highest BCUT2D eigenvalue weighted by Gasteiger charge is 2.50. The molecule has 2 aliphatic rings. The SMILES string of the molecule is Cc1ccc(CC(=O)N=C2S[C@@H]3CS(=O)(=O)C[C@@H]3N2c2cc(Cl)ccc2Oc2cccc(C)c2)cc1. The lowest BCUT2D eigenvalue weighted by atomic mass is 10.1. The molecule has 0 N–H and O–H groups in total. The molecule has 0 spiro atoms. The Bertz CT molecular complexity index is 1450. The van der Waals surface area contributed by atoms with Gasteiger partial charge in [0.15, 0.2) is 20.8 Å². The van der Waals surface area contributed by atoms with Gasteiger partial charge in [-0.3, -0.25) is 4.79 Å². The molecule has 2 fully saturated rings. The summed E-state index contributed by atoms with van der Waals surface area (Å²) in [6.07, 6.45) is 0.161. The van der Waals surface area contributed by atoms with E-state index in [1.54, 1.807) is 18.2 Å². The number of ether oxygens (including phenoxy) is 1. The minimum atomic E-state index is -3.21. The molecule has 0 saturated carbocycles. The first kappa shape index (κ1) is 24.9. The van der Waals surface area contributed by atoms with Crippen LogP contribution in [0.3, 0.4) is 0 Å². The number of hydrogen-bond donors (Lipinski definition) is 0. The Morgan fingerprint density at radius 1 is 1.06 bits per heavy atom. The Labute approximate surface area is 220 Å². The molecule has 5 rings (SSSR count). The van der Waals surface area contributed by atoms with Crippen LogP contribution in [0.5, 0.6) is 11.5 Å². The number of benzene rings is 3. The van der Waals surface area contributed by atoms with Gasteiger partial charge in [-0.05, 0) is 55.3 Å². The first-order chi connectivity index (χ1) is 17.2. The van der Waals surface area contributed by atoms with Gasteiger partial charge in [-0.1, -0.05) is 65.3 Å². The number of amidine groups is 1. The largest absolute Gasteiger partial charge is 0.455 e. The molecule has 1 amide bonds. The van der Waals surface area contributed by atoms with Crippen LogP contribution in [0.4, 0.5) is 5.69 Å². The van der Waals surface area contributed by atoms with Gasteiger partial charge in [0.1, 0.15) is 5.75 Å². The lowest BCUT2D eigenvalue weighted by Crippen LogP contribution is -2.38. The molecule has 0 bridgehead atoms. The maximum atomic E-state index is 13.0. The zero-order valence-corrected chi connectivity index (χ0v) is 22.2. The van der Waals surface area contributed by atoms with Crippen molar-refractivity contribution in [2.75, 3.05) is 16.4 Å². The summed E-state index contributed by atoms with van der Waals surface area (Å²) in [5, 5.41) is 0.710. The third-order valence-corrected chi connectivity index (χ3v) is 9.61. The smallest absolute Gasteiger partial charge is 0.252 e. The van der Waals surface area contributed by atoms with Crippen LogP contribution in [0.1, 0.15) is 16.7 Å². The highest BCUT2D eigenvalue weighted by Crippen LogP contribution is 2.45. The van der Waals surface area contributed by atoms with Crippen molar-refractivity contribution in [1.82, 2.24) is 0 Å². The van der Waals surface area contributed by atoms with E-state index >= 15 is 0 Å². The molecule has 6 nitrogen and oxygen atoms in total. The molecule has 2 atom stereocenters. The Morgan fingerprint density at radius 3 is 2.58 bits per heavy atom. The Hall–Kier alpha value is -2.81. The summed E-state index contributed by atoms with van der Waals surface area (Å²) >= 11 is 7.71. The van der Waals surface area contributed by atoms with E-state index < -0.39 is 9.84 Å². The maximum Gasteiger partial charge on any atom is 0.252 e. The predicted molar refractivity (Wildman–Crippen MR) is 146 cm³/mol. The van der Waals surface area contributed by atoms with E-state index in [1.807, 2.05) is 67.3 Å². The van der Waals surface area contributed by atoms with E-state index in [-0.39, 0.29) is 35.1 Å². The molecule has 9 heteroatoms. The van der Waals surface area contributed by atoms with Crippen LogP contribution in [-0.2, 0) is 21.1 Å². The van der Waals surface area contributed by atoms with E-state index in [9.17, 15) is 13.2 Å². The fourth-order valence-corrected chi connectivity index (χ4v) is 8.53. The van der Waals surface area contributed by atoms with Gasteiger partial charge in [-0.15, -0.1) is 0 Å². The standard InChI is InChI=1S/C27H25ClN2O4S2/c1-17-6-8-19(9-7-17)13-26(31)29-27-30(23-15-36(32,33)16-25(23)35-27)22-14-20(28)10-11-24(22)34-21-5-3-4-18(2)12-21/h3-12,14,23,25H,13,15-16H2,1-2H3/t23-,25+/m0/s1. The average Bonchev–Trinajstić information content (AvgIpc) is 3.27. The van der Waals surface area contributed by atoms with Crippen LogP contribution in [0.15, 0.2) is 71.7 Å². The van der Waals surface area contributed by atoms with E-state index in [0.717, 1.165) is 16.7 Å². The minimum Gasteiger partial charge on any atom is -0.455 e. The number of rotatable bonds is 5. The lowest BCUT2D eigenvalue weighted by Gasteiger charge is -2.27. The van der Waals surface area contributed by atoms with Gasteiger partial charge >= 0.3 is 0 Å². The monoisotopic (exact) mass is 540 g/mol. The zero-order chi connectivity index (χ0) is 25.4. The molecule has 186 valence electrons. The van der Waals surface area contributed by atoms with Crippen LogP contribution >= 0.6 is 23.4 Å². The number of carbonyl (C=O) groups excluding carboxylic acids is 1. The predicted octanol–water partition coefficient (Wildman–Crippen LogP) is 5.59. The highest BCUT2D eigenvalue weighted by atomic mass is 35.5. The van der Waals surface area contributed by atoms with Gasteiger partial charge in [0.2, 0.25) is 0 Å². The van der Waals surface area contributed by atoms with Crippen LogP contribution < -0.4 is 9.64 Å². The van der Waals surface area contributed by atoms with Crippen LogP contribution in [-0.4, -0.2) is 42.3 Å². The van der Waals surface area contributed by atoms with Gasteiger partial charge in [0, 0.05) is 10.3 Å². The number of aliphatic imine (C=N–C) groups is 1. The van der Waals surface area contributed by atoms with Crippen molar-refractivity contribution in [3.8, 4) is 11.5 Å². The molecular formula is C27H25ClN2O4S2. The van der Waals surface area contributed by atoms with E-state index in [0.29, 0.717) is 27.4 Å². The summed E-state index contributed by atoms with van der Waals surface area (Å²) in [7, 11) is -3.21. The van der Waals surface area contributed by atoms with Crippen molar-refractivity contribution in [1.29, 1.82) is 0 Å². The molecule has 2 saturated heterocycles. The summed E-state index contributed by atoms with van der Waals surface area (Å²) in [4.78, 5) is 19.2. The fourth-order valence-electron chi connectivity index (χ4n) is 4.44. The summed E-state index contributed by atoms with van der Waals surface area (Å²) < 4.78 is 31.2. The van der Waals surface area contributed by atoms with Crippen molar-refractivity contribution >= 4 is 50.0 Å². The van der Waals surface area contributed by atoms with E-state index in [4.69, 9.17) is 16.3 Å². The van der Waals surface area contributed by atoms with Gasteiger partial charge in [0.25, 0.3) is 5.91 Å². The number of anilines is 1. The second-order valence-corrected chi connectivity index (χ2v) is 12.9. The van der Waals surface area contributed by atoms with Crippen molar-refractivity contribution in [2.24, 2.45) is 4.99 Å². The third-order valence-electron chi connectivity index (χ3n) is 6.16. The number of hydrogen-bond acceptors (Lipinski definition) is 5. The van der Waals surface area contributed by atoms with Gasteiger partial charge in [-0.2, -0.15) is 4.99 Å². The van der Waals surface area contributed by atoms with Crippen molar-refractivity contribution in [2.45, 2.75) is 31.6 Å². The maximum absolute atomic E-state index is 13.0. The second-order valence-electron chi connectivity index (χ2n) is 9.15. The molecule has 3 aromatic carbocycles. The fraction of sp³-hybridized carbons (Fsp3) is 0.259. The van der Waals surface area contributed by atoms with Gasteiger partial charge < -0.3 is 9.64 Å². The van der Waals surface area contributed by atoms with E-state index in [2.05, 4.69) is 4.99 Å². The summed E-state index contributed by atoms with van der Waals surface area (Å²) in [5.74, 6) is 0.881. The number of sulfone groups is 1. The lowest BCUT2D eigenvalue weighted by molar-refractivity contribution is -0.117. The first-order valence-electron chi connectivity index (χ1n) is 11.5. The van der Waals surface area contributed by atoms with Crippen LogP contribution in [0.25, 0.3) is 0 Å². The summed E-state index contributed by atoms with van der Waals surface area (Å²) in [6, 6.07) is 20.3. The Morgan fingerprint density at radius 2 is 1.83 bits per heavy atom. The summed E-state index contributed by atoms with van der Waals surface area (Å²) in [5.41, 5.74) is 3.62. The third kappa shape index (κ3) is 5.45. The van der Waals surface area contributed by atoms with Crippen molar-refractivity contribution < 1.29 is 17.9 Å². The molecule has 36 heavy (non-hydrogen) atoms. The van der Waals surface area contributed by atoms with Crippen molar-refractivity contribution in [3.63, 3.8) is 0 Å². The first-order valence-corrected chi connectivity index (χ1v) is 14.6. The van der Waals surface area contributed by atoms with Crippen LogP contribution in [0, 0.1) is 13.8 Å². The Kier molecular flexibility index (Phi) is 6.85. The van der Waals surface area contributed by atoms with Crippen LogP contribution in [0.2, 0.25) is 5.02 Å². The number of nitrogens with zero attached hydrogens (tertiary/aromatic N) is 2. The van der Waals surface area contributed by atoms with Gasteiger partial charge in [0.05, 0.1) is 29.7 Å². The highest BCUT2D eigenvalue weighted by molar-refractivity contribution is 8.16. The second kappa shape index (κ2) is 9.92. The molecule has 0 aromatic heterocycles. The van der Waals surface area contributed by atoms with Crippen molar-refractivity contribution in [3.05, 3.63) is 88.4 Å². The Balaban J connectivity index is 1.52. The molecule has 0 radical (unpaired) electrons. The number of thioether (sulfide) groups is 1. The minimum absolute atomic E-state index is 0.0216. The number of aryl methyl sites for hydroxylation is 2. The number of carbonyl (C=O) groups is 1. The summed E-state index contributed by atoms with van der Waals surface area (Å²) in [6.45, 7) is 3.97. The normalized spacial score (nSPS) is 21.5. The quantitative estimate of drug-likeness (QED) is 0.420. The molecule has 0 unspecified atom stereocenters. The average molecular weight is 541 g/mol. The molecule has 2 aliphatic heterocycles. The number of halogens is 1. The number of amides is 1. The molecule has 3 aromatic rings.